The minimum absolute atomic E-state index is 0.533. The van der Waals surface area contributed by atoms with Crippen LogP contribution in [0.25, 0.3) is 0 Å². The van der Waals surface area contributed by atoms with Gasteiger partial charge in [-0.2, -0.15) is 10.2 Å². The van der Waals surface area contributed by atoms with Crippen molar-refractivity contribution < 1.29 is 0 Å². The maximum atomic E-state index is 6.23. The normalized spacial score (nSPS) is 10.9. The van der Waals surface area contributed by atoms with Crippen molar-refractivity contribution in [3.05, 3.63) is 63.1 Å². The topological polar surface area (TPSA) is 50.9 Å². The predicted molar refractivity (Wildman–Crippen MR) is 118 cm³/mol. The largest absolute Gasteiger partial charge is 0.346 e. The van der Waals surface area contributed by atoms with Crippen molar-refractivity contribution in [3.8, 4) is 0 Å². The highest BCUT2D eigenvalue weighted by atomic mass is 35.5. The number of hydrogen-bond acceptors (Lipinski definition) is 3. The number of anilines is 1. The van der Waals surface area contributed by atoms with Crippen LogP contribution < -0.4 is 5.32 Å². The molecule has 0 atom stereocenters. The average Bonchev–Trinajstić information content (AvgIpc) is 3.24. The van der Waals surface area contributed by atoms with Crippen LogP contribution in [0.5, 0.6) is 0 Å². The molecule has 0 spiro atoms. The molecule has 10 heteroatoms. The van der Waals surface area contributed by atoms with Gasteiger partial charge in [0.1, 0.15) is 0 Å². The predicted octanol–water partition coefficient (Wildman–Crippen LogP) is 4.94. The number of nitrogens with zero attached hydrogens (tertiary/aromatic N) is 5. The van der Waals surface area contributed by atoms with Crippen molar-refractivity contribution in [3.63, 3.8) is 0 Å². The van der Waals surface area contributed by atoms with Crippen molar-refractivity contribution in [2.75, 3.05) is 12.4 Å². The quantitative estimate of drug-likeness (QED) is 0.532. The Hall–Kier alpha value is -1.80. The molecular weight excluding hydrogens is 439 g/mol. The summed E-state index contributed by atoms with van der Waals surface area (Å²) in [7, 11) is 1.90. The number of halogens is 3. The Morgan fingerprint density at radius 2 is 1.96 bits per heavy atom. The number of rotatable bonds is 6. The number of aryl methyl sites for hydroxylation is 1. The number of nitrogens with one attached hydrogen (secondary N) is 1. The van der Waals surface area contributed by atoms with Gasteiger partial charge < -0.3 is 10.2 Å². The maximum absolute atomic E-state index is 6.23. The molecular formula is C18H19Cl3N6S. The van der Waals surface area contributed by atoms with E-state index in [1.165, 1.54) is 0 Å². The molecule has 28 heavy (non-hydrogen) atoms. The first-order valence-electron chi connectivity index (χ1n) is 8.56. The number of benzene rings is 1. The Morgan fingerprint density at radius 1 is 1.18 bits per heavy atom. The molecule has 0 aliphatic carbocycles. The molecule has 3 rings (SSSR count). The molecule has 0 saturated carbocycles. The Morgan fingerprint density at radius 3 is 2.68 bits per heavy atom. The lowest BCUT2D eigenvalue weighted by molar-refractivity contribution is 0.471. The lowest BCUT2D eigenvalue weighted by atomic mass is 10.2. The molecule has 2 heterocycles. The first-order valence-corrected chi connectivity index (χ1v) is 10.1. The first-order chi connectivity index (χ1) is 13.4. The summed E-state index contributed by atoms with van der Waals surface area (Å²) in [5.74, 6) is 0. The Bertz CT molecular complexity index is 984. The molecule has 2 aromatic heterocycles. The lowest BCUT2D eigenvalue weighted by Gasteiger charge is -2.21. The fraction of sp³-hybridized carbons (Fsp3) is 0.278. The van der Waals surface area contributed by atoms with E-state index in [0.29, 0.717) is 33.3 Å². The average molecular weight is 458 g/mol. The Labute approximate surface area is 184 Å². The molecule has 1 aromatic carbocycles. The SMILES string of the molecule is CCn1ncc(Cl)c1CN(C)C(=S)Nc1cnn(Cc2ccc(Cl)cc2Cl)c1. The van der Waals surface area contributed by atoms with E-state index in [4.69, 9.17) is 47.0 Å². The van der Waals surface area contributed by atoms with E-state index >= 15 is 0 Å². The standard InChI is InChI=1S/C18H19Cl3N6S/c1-3-27-17(16(21)8-23-27)11-25(2)18(28)24-14-7-22-26(10-14)9-12-4-5-13(19)6-15(12)20/h4-8,10H,3,9,11H2,1-2H3,(H,24,28). The van der Waals surface area contributed by atoms with E-state index in [2.05, 4.69) is 15.5 Å². The maximum Gasteiger partial charge on any atom is 0.173 e. The highest BCUT2D eigenvalue weighted by Gasteiger charge is 2.13. The zero-order valence-corrected chi connectivity index (χ0v) is 18.4. The minimum Gasteiger partial charge on any atom is -0.346 e. The lowest BCUT2D eigenvalue weighted by Crippen LogP contribution is -2.31. The van der Waals surface area contributed by atoms with Gasteiger partial charge in [-0.15, -0.1) is 0 Å². The van der Waals surface area contributed by atoms with E-state index in [0.717, 1.165) is 23.5 Å². The molecule has 6 nitrogen and oxygen atoms in total. The van der Waals surface area contributed by atoms with Crippen molar-refractivity contribution in [2.24, 2.45) is 0 Å². The number of hydrogen-bond donors (Lipinski definition) is 1. The molecule has 0 fully saturated rings. The molecule has 0 aliphatic rings. The van der Waals surface area contributed by atoms with Crippen LogP contribution in [0.1, 0.15) is 18.2 Å². The van der Waals surface area contributed by atoms with Crippen LogP contribution in [0.4, 0.5) is 5.69 Å². The zero-order valence-electron chi connectivity index (χ0n) is 15.4. The third kappa shape index (κ3) is 4.97. The van der Waals surface area contributed by atoms with Gasteiger partial charge in [0.15, 0.2) is 5.11 Å². The molecule has 0 bridgehead atoms. The zero-order chi connectivity index (χ0) is 20.3. The summed E-state index contributed by atoms with van der Waals surface area (Å²) in [6, 6.07) is 5.41. The van der Waals surface area contributed by atoms with Crippen LogP contribution in [0.2, 0.25) is 15.1 Å². The fourth-order valence-corrected chi connectivity index (χ4v) is 3.52. The Kier molecular flexibility index (Phi) is 6.82. The van der Waals surface area contributed by atoms with Crippen LogP contribution in [-0.2, 0) is 19.6 Å². The summed E-state index contributed by atoms with van der Waals surface area (Å²) < 4.78 is 3.64. The highest BCUT2D eigenvalue weighted by Crippen LogP contribution is 2.22. The molecule has 1 N–H and O–H groups in total. The summed E-state index contributed by atoms with van der Waals surface area (Å²) in [6.45, 7) is 3.85. The molecule has 0 aliphatic heterocycles. The Balaban J connectivity index is 1.62. The molecule has 0 radical (unpaired) electrons. The van der Waals surface area contributed by atoms with Gasteiger partial charge in [-0.05, 0) is 36.8 Å². The van der Waals surface area contributed by atoms with Crippen LogP contribution in [0.15, 0.2) is 36.8 Å². The van der Waals surface area contributed by atoms with Crippen LogP contribution in [-0.4, -0.2) is 36.6 Å². The van der Waals surface area contributed by atoms with E-state index < -0.39 is 0 Å². The van der Waals surface area contributed by atoms with Crippen molar-refractivity contribution in [2.45, 2.75) is 26.6 Å². The van der Waals surface area contributed by atoms with Crippen LogP contribution in [0.3, 0.4) is 0 Å². The van der Waals surface area contributed by atoms with Gasteiger partial charge in [0, 0.05) is 29.8 Å². The van der Waals surface area contributed by atoms with E-state index in [1.807, 2.05) is 41.9 Å². The monoisotopic (exact) mass is 456 g/mol. The fourth-order valence-electron chi connectivity index (χ4n) is 2.67. The van der Waals surface area contributed by atoms with Gasteiger partial charge in [0.05, 0.1) is 41.9 Å². The highest BCUT2D eigenvalue weighted by molar-refractivity contribution is 7.80. The second-order valence-corrected chi connectivity index (χ2v) is 7.84. The van der Waals surface area contributed by atoms with Crippen molar-refractivity contribution >= 4 is 57.8 Å². The van der Waals surface area contributed by atoms with E-state index in [-0.39, 0.29) is 0 Å². The third-order valence-corrected chi connectivity index (χ3v) is 5.48. The minimum atomic E-state index is 0.533. The second kappa shape index (κ2) is 9.13. The summed E-state index contributed by atoms with van der Waals surface area (Å²) in [5, 5.41) is 14.2. The molecule has 3 aromatic rings. The van der Waals surface area contributed by atoms with Gasteiger partial charge in [0.25, 0.3) is 0 Å². The summed E-state index contributed by atoms with van der Waals surface area (Å²) in [5.41, 5.74) is 2.64. The van der Waals surface area contributed by atoms with E-state index in [9.17, 15) is 0 Å². The summed E-state index contributed by atoms with van der Waals surface area (Å²) in [4.78, 5) is 1.90. The van der Waals surface area contributed by atoms with E-state index in [1.54, 1.807) is 23.1 Å². The summed E-state index contributed by atoms with van der Waals surface area (Å²) >= 11 is 23.9. The summed E-state index contributed by atoms with van der Waals surface area (Å²) in [6.07, 6.45) is 5.23. The van der Waals surface area contributed by atoms with Gasteiger partial charge in [-0.1, -0.05) is 40.9 Å². The molecule has 0 saturated heterocycles. The molecule has 0 unspecified atom stereocenters. The molecule has 148 valence electrons. The number of thiocarbonyl (C=S) groups is 1. The number of aromatic nitrogens is 4. The molecule has 0 amide bonds. The van der Waals surface area contributed by atoms with Crippen LogP contribution >= 0.6 is 47.0 Å². The van der Waals surface area contributed by atoms with Crippen molar-refractivity contribution in [1.29, 1.82) is 0 Å². The van der Waals surface area contributed by atoms with Gasteiger partial charge in [0.2, 0.25) is 0 Å². The first kappa shape index (κ1) is 20.9. The third-order valence-electron chi connectivity index (χ3n) is 4.16. The second-order valence-electron chi connectivity index (χ2n) is 6.20. The van der Waals surface area contributed by atoms with Gasteiger partial charge >= 0.3 is 0 Å². The van der Waals surface area contributed by atoms with Crippen LogP contribution in [0, 0.1) is 0 Å². The van der Waals surface area contributed by atoms with Gasteiger partial charge in [-0.3, -0.25) is 9.36 Å². The van der Waals surface area contributed by atoms with Crippen molar-refractivity contribution in [1.82, 2.24) is 24.5 Å². The smallest absolute Gasteiger partial charge is 0.173 e. The van der Waals surface area contributed by atoms with Gasteiger partial charge in [-0.25, -0.2) is 0 Å².